The molecule has 30 heavy (non-hydrogen) atoms. The van der Waals surface area contributed by atoms with Crippen LogP contribution in [0.15, 0.2) is 63.1 Å². The first-order valence-corrected chi connectivity index (χ1v) is 11.1. The van der Waals surface area contributed by atoms with Gasteiger partial charge in [-0.05, 0) is 54.6 Å². The molecular formula is C24H20ClNO3S. The fraction of sp³-hybridized carbons (Fsp3) is 0.208. The first-order valence-electron chi connectivity index (χ1n) is 9.83. The molecule has 4 aromatic rings. The predicted octanol–water partition coefficient (Wildman–Crippen LogP) is 5.88. The van der Waals surface area contributed by atoms with Crippen LogP contribution in [0.5, 0.6) is 5.75 Å². The molecule has 0 radical (unpaired) electrons. The lowest BCUT2D eigenvalue weighted by Gasteiger charge is -2.29. The average Bonchev–Trinajstić information content (AvgIpc) is 3.27. The summed E-state index contributed by atoms with van der Waals surface area (Å²) in [6, 6.07) is 15.2. The molecule has 5 rings (SSSR count). The molecule has 1 aliphatic heterocycles. The molecule has 0 unspecified atom stereocenters. The Kier molecular flexibility index (Phi) is 5.11. The Labute approximate surface area is 183 Å². The Hall–Kier alpha value is -2.60. The van der Waals surface area contributed by atoms with Gasteiger partial charge in [0.1, 0.15) is 23.8 Å². The molecule has 0 saturated carbocycles. The summed E-state index contributed by atoms with van der Waals surface area (Å²) >= 11 is 7.77. The number of rotatable bonds is 4. The van der Waals surface area contributed by atoms with Gasteiger partial charge in [-0.2, -0.15) is 0 Å². The second-order valence-corrected chi connectivity index (χ2v) is 8.91. The summed E-state index contributed by atoms with van der Waals surface area (Å²) < 4.78 is 12.2. The second kappa shape index (κ2) is 7.91. The van der Waals surface area contributed by atoms with Gasteiger partial charge in [-0.15, -0.1) is 11.3 Å². The molecule has 0 atom stereocenters. The van der Waals surface area contributed by atoms with Crippen LogP contribution in [-0.2, 0) is 13.0 Å². The molecule has 0 fully saturated rings. The minimum atomic E-state index is -0.0328. The van der Waals surface area contributed by atoms with Gasteiger partial charge in [0.15, 0.2) is 0 Å². The minimum absolute atomic E-state index is 0.0328. The molecule has 6 heteroatoms. The van der Waals surface area contributed by atoms with Gasteiger partial charge in [-0.1, -0.05) is 29.8 Å². The minimum Gasteiger partial charge on any atom is -0.478 e. The average molecular weight is 438 g/mol. The summed E-state index contributed by atoms with van der Waals surface area (Å²) in [5, 5.41) is 3.31. The Morgan fingerprint density at radius 1 is 1.13 bits per heavy atom. The van der Waals surface area contributed by atoms with Crippen molar-refractivity contribution in [2.24, 2.45) is 0 Å². The van der Waals surface area contributed by atoms with Crippen LogP contribution in [0.3, 0.4) is 0 Å². The van der Waals surface area contributed by atoms with Gasteiger partial charge in [0.25, 0.3) is 0 Å². The van der Waals surface area contributed by atoms with Crippen LogP contribution in [0.4, 0.5) is 0 Å². The predicted molar refractivity (Wildman–Crippen MR) is 122 cm³/mol. The first kappa shape index (κ1) is 19.4. The normalized spacial score (nSPS) is 13.9. The second-order valence-electron chi connectivity index (χ2n) is 7.44. The number of nitrogens with zero attached hydrogens (tertiary/aromatic N) is 1. The number of benzene rings is 2. The van der Waals surface area contributed by atoms with Crippen molar-refractivity contribution in [1.82, 2.24) is 4.90 Å². The summed E-state index contributed by atoms with van der Waals surface area (Å²) in [6.45, 7) is 3.96. The maximum atomic E-state index is 13.3. The van der Waals surface area contributed by atoms with Gasteiger partial charge in [0.2, 0.25) is 5.43 Å². The van der Waals surface area contributed by atoms with Crippen LogP contribution in [0.25, 0.3) is 22.1 Å². The topological polar surface area (TPSA) is 42.7 Å². The molecule has 3 heterocycles. The quantitative estimate of drug-likeness (QED) is 0.400. The number of hydrogen-bond donors (Lipinski definition) is 0. The molecule has 0 aliphatic carbocycles. The molecule has 2 aromatic carbocycles. The maximum Gasteiger partial charge on any atom is 0.200 e. The summed E-state index contributed by atoms with van der Waals surface area (Å²) in [7, 11) is 0. The zero-order valence-corrected chi connectivity index (χ0v) is 18.1. The van der Waals surface area contributed by atoms with E-state index in [1.54, 1.807) is 29.5 Å². The van der Waals surface area contributed by atoms with E-state index in [9.17, 15) is 4.79 Å². The van der Waals surface area contributed by atoms with E-state index in [2.05, 4.69) is 22.4 Å². The fourth-order valence-corrected chi connectivity index (χ4v) is 4.76. The highest BCUT2D eigenvalue weighted by Crippen LogP contribution is 2.34. The Morgan fingerprint density at radius 3 is 2.73 bits per heavy atom. The monoisotopic (exact) mass is 437 g/mol. The number of fused-ring (bicyclic) bond motifs is 3. The van der Waals surface area contributed by atoms with E-state index >= 15 is 0 Å². The van der Waals surface area contributed by atoms with Crippen LogP contribution in [0.2, 0.25) is 5.02 Å². The van der Waals surface area contributed by atoms with E-state index in [4.69, 9.17) is 20.8 Å². The highest BCUT2D eigenvalue weighted by atomic mass is 35.5. The Bertz CT molecular complexity index is 1260. The summed E-state index contributed by atoms with van der Waals surface area (Å²) in [4.78, 5) is 16.9. The van der Waals surface area contributed by atoms with Crippen molar-refractivity contribution in [2.75, 3.05) is 13.3 Å². The van der Waals surface area contributed by atoms with E-state index in [1.165, 1.54) is 4.88 Å². The number of thiophene rings is 1. The van der Waals surface area contributed by atoms with E-state index in [0.717, 1.165) is 29.8 Å². The Balaban J connectivity index is 1.53. The third-order valence-electron chi connectivity index (χ3n) is 5.47. The molecule has 0 amide bonds. The van der Waals surface area contributed by atoms with Crippen LogP contribution in [0.1, 0.15) is 16.2 Å². The van der Waals surface area contributed by atoms with E-state index in [1.807, 2.05) is 25.1 Å². The fourth-order valence-electron chi connectivity index (χ4n) is 3.94. The number of hydrogen-bond acceptors (Lipinski definition) is 5. The highest BCUT2D eigenvalue weighted by molar-refractivity contribution is 7.09. The standard InChI is InChI=1S/C24H20ClNO3S/c1-15-22(16-4-6-17(25)7-5-16)23(27)19-8-9-21-20(24(19)29-15)13-26(14-28-21)11-10-18-3-2-12-30-18/h2-9,12H,10-11,13-14H2,1H3. The van der Waals surface area contributed by atoms with E-state index in [-0.39, 0.29) is 5.43 Å². The van der Waals surface area contributed by atoms with Crippen molar-refractivity contribution in [2.45, 2.75) is 19.9 Å². The van der Waals surface area contributed by atoms with Crippen molar-refractivity contribution >= 4 is 33.9 Å². The van der Waals surface area contributed by atoms with Gasteiger partial charge in [-0.25, -0.2) is 0 Å². The van der Waals surface area contributed by atoms with Crippen molar-refractivity contribution in [3.63, 3.8) is 0 Å². The SMILES string of the molecule is Cc1oc2c3c(ccc2c(=O)c1-c1ccc(Cl)cc1)OCN(CCc1cccs1)C3. The summed E-state index contributed by atoms with van der Waals surface area (Å²) in [5.41, 5.74) is 2.90. The van der Waals surface area contributed by atoms with Gasteiger partial charge >= 0.3 is 0 Å². The molecule has 1 aliphatic rings. The van der Waals surface area contributed by atoms with Crippen molar-refractivity contribution in [3.05, 3.63) is 85.4 Å². The third kappa shape index (κ3) is 3.54. The first-order chi connectivity index (χ1) is 14.6. The van der Waals surface area contributed by atoms with Crippen LogP contribution < -0.4 is 10.2 Å². The molecule has 4 nitrogen and oxygen atoms in total. The van der Waals surface area contributed by atoms with Crippen molar-refractivity contribution in [3.8, 4) is 16.9 Å². The van der Waals surface area contributed by atoms with Crippen LogP contribution >= 0.6 is 22.9 Å². The molecule has 2 aromatic heterocycles. The Morgan fingerprint density at radius 2 is 1.97 bits per heavy atom. The zero-order chi connectivity index (χ0) is 20.7. The molecule has 0 spiro atoms. The molecule has 0 bridgehead atoms. The summed E-state index contributed by atoms with van der Waals surface area (Å²) in [5.74, 6) is 1.38. The highest BCUT2D eigenvalue weighted by Gasteiger charge is 2.23. The molecular weight excluding hydrogens is 418 g/mol. The largest absolute Gasteiger partial charge is 0.478 e. The summed E-state index contributed by atoms with van der Waals surface area (Å²) in [6.07, 6.45) is 0.977. The molecule has 0 N–H and O–H groups in total. The molecule has 0 saturated heterocycles. The number of ether oxygens (including phenoxy) is 1. The smallest absolute Gasteiger partial charge is 0.200 e. The van der Waals surface area contributed by atoms with Gasteiger partial charge in [-0.3, -0.25) is 9.69 Å². The van der Waals surface area contributed by atoms with Gasteiger partial charge < -0.3 is 9.15 Å². The third-order valence-corrected chi connectivity index (χ3v) is 6.66. The number of halogens is 1. The van der Waals surface area contributed by atoms with Gasteiger partial charge in [0, 0.05) is 23.0 Å². The van der Waals surface area contributed by atoms with E-state index < -0.39 is 0 Å². The van der Waals surface area contributed by atoms with Crippen molar-refractivity contribution < 1.29 is 9.15 Å². The number of aryl methyl sites for hydroxylation is 1. The lowest BCUT2D eigenvalue weighted by atomic mass is 10.0. The van der Waals surface area contributed by atoms with Gasteiger partial charge in [0.05, 0.1) is 16.5 Å². The maximum absolute atomic E-state index is 13.3. The van der Waals surface area contributed by atoms with Crippen LogP contribution in [0, 0.1) is 6.92 Å². The van der Waals surface area contributed by atoms with Crippen molar-refractivity contribution in [1.29, 1.82) is 0 Å². The van der Waals surface area contributed by atoms with Crippen LogP contribution in [-0.4, -0.2) is 18.2 Å². The lowest BCUT2D eigenvalue weighted by molar-refractivity contribution is 0.0970. The van der Waals surface area contributed by atoms with E-state index in [0.29, 0.717) is 40.6 Å². The lowest BCUT2D eigenvalue weighted by Crippen LogP contribution is -2.33. The zero-order valence-electron chi connectivity index (χ0n) is 16.5. The molecule has 152 valence electrons.